The van der Waals surface area contributed by atoms with Gasteiger partial charge in [0.15, 0.2) is 0 Å². The number of ether oxygens (including phenoxy) is 1. The van der Waals surface area contributed by atoms with Gasteiger partial charge in [-0.05, 0) is 37.4 Å². The number of nitro groups is 1. The Hall–Kier alpha value is -1.66. The minimum Gasteiger partial charge on any atom is -0.388 e. The molecule has 6 nitrogen and oxygen atoms in total. The molecule has 0 bridgehead atoms. The lowest BCUT2D eigenvalue weighted by molar-refractivity contribution is -0.384. The fourth-order valence-electron chi connectivity index (χ4n) is 2.82. The van der Waals surface area contributed by atoms with Gasteiger partial charge in [-0.15, -0.1) is 0 Å². The molecule has 2 rings (SSSR count). The van der Waals surface area contributed by atoms with Crippen LogP contribution in [0.25, 0.3) is 0 Å². The molecule has 21 heavy (non-hydrogen) atoms. The van der Waals surface area contributed by atoms with E-state index >= 15 is 0 Å². The van der Waals surface area contributed by atoms with E-state index in [0.717, 1.165) is 37.4 Å². The van der Waals surface area contributed by atoms with Gasteiger partial charge in [0.05, 0.1) is 11.5 Å². The Bertz CT molecular complexity index is 487. The molecule has 116 valence electrons. The highest BCUT2D eigenvalue weighted by Crippen LogP contribution is 2.24. The van der Waals surface area contributed by atoms with E-state index in [1.165, 1.54) is 12.5 Å². The molecule has 0 amide bonds. The van der Waals surface area contributed by atoms with Crippen molar-refractivity contribution >= 4 is 11.4 Å². The van der Waals surface area contributed by atoms with Crippen LogP contribution in [-0.4, -0.2) is 43.7 Å². The van der Waals surface area contributed by atoms with E-state index < -0.39 is 0 Å². The van der Waals surface area contributed by atoms with Crippen LogP contribution in [0.3, 0.4) is 0 Å². The van der Waals surface area contributed by atoms with Crippen LogP contribution in [0.5, 0.6) is 0 Å². The van der Waals surface area contributed by atoms with Gasteiger partial charge in [0.2, 0.25) is 0 Å². The van der Waals surface area contributed by atoms with Crippen molar-refractivity contribution in [3.8, 4) is 0 Å². The van der Waals surface area contributed by atoms with Crippen molar-refractivity contribution < 1.29 is 9.66 Å². The molecule has 6 heteroatoms. The summed E-state index contributed by atoms with van der Waals surface area (Å²) >= 11 is 0. The van der Waals surface area contributed by atoms with E-state index in [0.29, 0.717) is 12.5 Å². The number of benzene rings is 1. The van der Waals surface area contributed by atoms with Gasteiger partial charge in [-0.25, -0.2) is 0 Å². The molecule has 0 saturated carbocycles. The average Bonchev–Trinajstić information content (AvgIpc) is 2.48. The molecule has 1 atom stereocenters. The van der Waals surface area contributed by atoms with E-state index in [1.54, 1.807) is 12.1 Å². The number of rotatable bonds is 6. The molecule has 1 saturated heterocycles. The van der Waals surface area contributed by atoms with E-state index in [2.05, 4.69) is 10.2 Å². The summed E-state index contributed by atoms with van der Waals surface area (Å²) in [5.41, 5.74) is 2.02. The van der Waals surface area contributed by atoms with Crippen molar-refractivity contribution in [2.45, 2.75) is 19.4 Å². The van der Waals surface area contributed by atoms with Gasteiger partial charge in [0.1, 0.15) is 0 Å². The number of nitrogens with one attached hydrogen (secondary N) is 1. The van der Waals surface area contributed by atoms with Crippen LogP contribution in [-0.2, 0) is 11.3 Å². The highest BCUT2D eigenvalue weighted by Gasteiger charge is 2.17. The molecule has 0 aliphatic carbocycles. The zero-order valence-corrected chi connectivity index (χ0v) is 12.7. The topological polar surface area (TPSA) is 67.6 Å². The summed E-state index contributed by atoms with van der Waals surface area (Å²) in [5, 5.41) is 14.0. The van der Waals surface area contributed by atoms with Crippen LogP contribution in [0.1, 0.15) is 18.4 Å². The lowest BCUT2D eigenvalue weighted by atomic mass is 10.0. The van der Waals surface area contributed by atoms with E-state index in [1.807, 2.05) is 14.1 Å². The van der Waals surface area contributed by atoms with Crippen molar-refractivity contribution in [3.63, 3.8) is 0 Å². The van der Waals surface area contributed by atoms with Gasteiger partial charge in [-0.1, -0.05) is 0 Å². The number of anilines is 1. The normalized spacial score (nSPS) is 18.7. The van der Waals surface area contributed by atoms with E-state index in [-0.39, 0.29) is 10.6 Å². The van der Waals surface area contributed by atoms with E-state index in [9.17, 15) is 10.1 Å². The van der Waals surface area contributed by atoms with Crippen LogP contribution in [0.2, 0.25) is 0 Å². The van der Waals surface area contributed by atoms with Gasteiger partial charge >= 0.3 is 0 Å². The summed E-state index contributed by atoms with van der Waals surface area (Å²) in [6.45, 7) is 3.33. The van der Waals surface area contributed by atoms with Gasteiger partial charge in [-0.2, -0.15) is 0 Å². The number of nitrogens with zero attached hydrogens (tertiary/aromatic N) is 2. The molecule has 1 N–H and O–H groups in total. The van der Waals surface area contributed by atoms with Crippen LogP contribution in [0.4, 0.5) is 11.4 Å². The van der Waals surface area contributed by atoms with Crippen molar-refractivity contribution in [2.24, 2.45) is 5.92 Å². The highest BCUT2D eigenvalue weighted by molar-refractivity contribution is 5.55. The van der Waals surface area contributed by atoms with Crippen LogP contribution in [0, 0.1) is 16.0 Å². The lowest BCUT2D eigenvalue weighted by Crippen LogP contribution is -2.30. The second kappa shape index (κ2) is 7.38. The van der Waals surface area contributed by atoms with Crippen molar-refractivity contribution in [1.29, 1.82) is 0 Å². The smallest absolute Gasteiger partial charge is 0.269 e. The lowest BCUT2D eigenvalue weighted by Gasteiger charge is -2.27. The van der Waals surface area contributed by atoms with Crippen molar-refractivity contribution in [3.05, 3.63) is 33.9 Å². The first kappa shape index (κ1) is 15.7. The molecule has 0 aromatic heterocycles. The summed E-state index contributed by atoms with van der Waals surface area (Å²) in [7, 11) is 3.88. The maximum Gasteiger partial charge on any atom is 0.269 e. The highest BCUT2D eigenvalue weighted by atomic mass is 16.6. The Kier molecular flexibility index (Phi) is 5.52. The van der Waals surface area contributed by atoms with Crippen LogP contribution in [0.15, 0.2) is 18.2 Å². The predicted molar refractivity (Wildman–Crippen MR) is 82.5 cm³/mol. The Labute approximate surface area is 125 Å². The van der Waals surface area contributed by atoms with Gasteiger partial charge in [0.25, 0.3) is 5.69 Å². The quantitative estimate of drug-likeness (QED) is 0.644. The molecule has 1 heterocycles. The summed E-state index contributed by atoms with van der Waals surface area (Å²) < 4.78 is 5.50. The summed E-state index contributed by atoms with van der Waals surface area (Å²) in [6.07, 6.45) is 2.31. The van der Waals surface area contributed by atoms with Crippen LogP contribution >= 0.6 is 0 Å². The molecule has 1 aromatic carbocycles. The molecular formula is C15H23N3O3. The number of hydrogen-bond donors (Lipinski definition) is 1. The minimum atomic E-state index is -0.349. The Morgan fingerprint density at radius 1 is 1.52 bits per heavy atom. The number of non-ortho nitro benzene ring substituents is 1. The molecule has 1 aliphatic rings. The Morgan fingerprint density at radius 3 is 2.95 bits per heavy atom. The third-order valence-corrected chi connectivity index (χ3v) is 3.83. The van der Waals surface area contributed by atoms with Crippen LogP contribution < -0.4 is 5.32 Å². The molecule has 0 spiro atoms. The number of hydrogen-bond acceptors (Lipinski definition) is 5. The fraction of sp³-hybridized carbons (Fsp3) is 0.600. The summed E-state index contributed by atoms with van der Waals surface area (Å²) in [5.74, 6) is 0.556. The molecule has 1 aliphatic heterocycles. The molecule has 1 aromatic rings. The second-order valence-electron chi connectivity index (χ2n) is 5.63. The first-order chi connectivity index (χ1) is 10.1. The average molecular weight is 293 g/mol. The minimum absolute atomic E-state index is 0.137. The van der Waals surface area contributed by atoms with Crippen molar-refractivity contribution in [1.82, 2.24) is 4.90 Å². The summed E-state index contributed by atoms with van der Waals surface area (Å²) in [4.78, 5) is 12.8. The maximum atomic E-state index is 10.9. The first-order valence-corrected chi connectivity index (χ1v) is 7.31. The largest absolute Gasteiger partial charge is 0.388 e. The third-order valence-electron chi connectivity index (χ3n) is 3.83. The predicted octanol–water partition coefficient (Wildman–Crippen LogP) is 2.49. The monoisotopic (exact) mass is 293 g/mol. The Balaban J connectivity index is 2.02. The SMILES string of the molecule is CNc1ccc([N+](=O)[O-])cc1CN(C)CC1CCCOC1. The molecule has 1 fully saturated rings. The molecule has 0 radical (unpaired) electrons. The molecule has 1 unspecified atom stereocenters. The fourth-order valence-corrected chi connectivity index (χ4v) is 2.82. The molecular weight excluding hydrogens is 270 g/mol. The maximum absolute atomic E-state index is 10.9. The standard InChI is InChI=1S/C15H23N3O3/c1-16-15-6-5-14(18(19)20)8-13(15)10-17(2)9-12-4-3-7-21-11-12/h5-6,8,12,16H,3-4,7,9-11H2,1-2H3. The third kappa shape index (κ3) is 4.41. The van der Waals surface area contributed by atoms with Crippen molar-refractivity contribution in [2.75, 3.05) is 39.2 Å². The second-order valence-corrected chi connectivity index (χ2v) is 5.63. The van der Waals surface area contributed by atoms with Gasteiger partial charge < -0.3 is 15.0 Å². The van der Waals surface area contributed by atoms with Gasteiger partial charge in [0, 0.05) is 44.6 Å². The first-order valence-electron chi connectivity index (χ1n) is 7.31. The van der Waals surface area contributed by atoms with Gasteiger partial charge in [-0.3, -0.25) is 10.1 Å². The van der Waals surface area contributed by atoms with E-state index in [4.69, 9.17) is 4.74 Å². The Morgan fingerprint density at radius 2 is 2.33 bits per heavy atom. The zero-order valence-electron chi connectivity index (χ0n) is 12.7. The summed E-state index contributed by atoms with van der Waals surface area (Å²) in [6, 6.07) is 4.95. The zero-order chi connectivity index (χ0) is 15.2. The number of nitro benzene ring substituents is 1.